The molecule has 0 aromatic carbocycles. The second kappa shape index (κ2) is 3.95. The molecule has 1 saturated carbocycles. The topological polar surface area (TPSA) is 80.0 Å². The lowest BCUT2D eigenvalue weighted by Gasteiger charge is -2.10. The molecule has 0 spiro atoms. The van der Waals surface area contributed by atoms with Gasteiger partial charge in [-0.2, -0.15) is 0 Å². The van der Waals surface area contributed by atoms with Gasteiger partial charge in [-0.15, -0.1) is 0 Å². The van der Waals surface area contributed by atoms with Crippen molar-refractivity contribution in [1.29, 1.82) is 0 Å². The molecule has 0 saturated heterocycles. The Labute approximate surface area is 107 Å². The molecule has 18 heavy (non-hydrogen) atoms. The van der Waals surface area contributed by atoms with Crippen molar-refractivity contribution in [3.8, 4) is 0 Å². The summed E-state index contributed by atoms with van der Waals surface area (Å²) in [6.07, 6.45) is 3.12. The van der Waals surface area contributed by atoms with E-state index in [1.165, 1.54) is 6.20 Å². The van der Waals surface area contributed by atoms with Crippen LogP contribution in [0.1, 0.15) is 38.1 Å². The summed E-state index contributed by atoms with van der Waals surface area (Å²) in [5, 5.41) is 3.06. The minimum Gasteiger partial charge on any atom is -0.348 e. The first-order valence-corrected chi connectivity index (χ1v) is 6.04. The Balaban J connectivity index is 2.15. The maximum atomic E-state index is 12.2. The summed E-state index contributed by atoms with van der Waals surface area (Å²) < 4.78 is 0. The van der Waals surface area contributed by atoms with Crippen molar-refractivity contribution in [1.82, 2.24) is 10.3 Å². The molecule has 0 unspecified atom stereocenters. The number of carbonyl (C=O) groups excluding carboxylic acids is 1. The minimum absolute atomic E-state index is 0.117. The highest BCUT2D eigenvalue weighted by molar-refractivity contribution is 5.99. The Morgan fingerprint density at radius 1 is 1.33 bits per heavy atom. The first-order valence-electron chi connectivity index (χ1n) is 6.04. The molecule has 1 amide bonds. The standard InChI is InChI=1S/C13H20N4O/c1-12(2)11(13(12,3)4)16-10(18)8-5-6-15-7-9(8)17-14/h5-7,11,17H,14H2,1-4H3,(H,16,18). The molecule has 0 radical (unpaired) electrons. The number of nitrogens with two attached hydrogens (primary N) is 1. The van der Waals surface area contributed by atoms with E-state index in [1.807, 2.05) is 0 Å². The van der Waals surface area contributed by atoms with Crippen molar-refractivity contribution in [3.05, 3.63) is 24.0 Å². The van der Waals surface area contributed by atoms with Gasteiger partial charge in [-0.25, -0.2) is 0 Å². The smallest absolute Gasteiger partial charge is 0.253 e. The normalized spacial score (nSPS) is 20.3. The Morgan fingerprint density at radius 3 is 2.44 bits per heavy atom. The average molecular weight is 248 g/mol. The summed E-state index contributed by atoms with van der Waals surface area (Å²) in [6.45, 7) is 8.64. The fraction of sp³-hybridized carbons (Fsp3) is 0.538. The number of anilines is 1. The molecule has 1 aliphatic rings. The second-order valence-electron chi connectivity index (χ2n) is 5.92. The van der Waals surface area contributed by atoms with E-state index in [0.29, 0.717) is 11.3 Å². The SMILES string of the molecule is CC1(C)C(NC(=O)c2ccncc2NN)C1(C)C. The number of nitrogens with one attached hydrogen (secondary N) is 2. The molecule has 0 atom stereocenters. The van der Waals surface area contributed by atoms with Crippen LogP contribution in [0.15, 0.2) is 18.5 Å². The molecule has 5 heteroatoms. The highest BCUT2D eigenvalue weighted by atomic mass is 16.1. The molecule has 1 aromatic heterocycles. The molecule has 0 bridgehead atoms. The number of hydrogen-bond acceptors (Lipinski definition) is 4. The quantitative estimate of drug-likeness (QED) is 0.560. The lowest BCUT2D eigenvalue weighted by atomic mass is 10.0. The highest BCUT2D eigenvalue weighted by Gasteiger charge is 2.65. The summed E-state index contributed by atoms with van der Waals surface area (Å²) in [7, 11) is 0. The summed E-state index contributed by atoms with van der Waals surface area (Å²) in [4.78, 5) is 16.1. The molecule has 1 aromatic rings. The summed E-state index contributed by atoms with van der Waals surface area (Å²) >= 11 is 0. The van der Waals surface area contributed by atoms with Gasteiger partial charge in [0.15, 0.2) is 0 Å². The Kier molecular flexibility index (Phi) is 2.81. The number of aromatic nitrogens is 1. The predicted molar refractivity (Wildman–Crippen MR) is 70.9 cm³/mol. The van der Waals surface area contributed by atoms with Crippen molar-refractivity contribution < 1.29 is 4.79 Å². The number of rotatable bonds is 3. The van der Waals surface area contributed by atoms with Crippen LogP contribution in [-0.4, -0.2) is 16.9 Å². The number of hydrazine groups is 1. The molecule has 4 N–H and O–H groups in total. The third-order valence-electron chi connectivity index (χ3n) is 4.52. The summed E-state index contributed by atoms with van der Waals surface area (Å²) in [5.74, 6) is 5.25. The summed E-state index contributed by atoms with van der Waals surface area (Å²) in [5.41, 5.74) is 3.78. The van der Waals surface area contributed by atoms with Gasteiger partial charge in [0, 0.05) is 12.2 Å². The predicted octanol–water partition coefficient (Wildman–Crippen LogP) is 1.53. The van der Waals surface area contributed by atoms with Gasteiger partial charge in [0.1, 0.15) is 0 Å². The van der Waals surface area contributed by atoms with E-state index in [2.05, 4.69) is 43.4 Å². The van der Waals surface area contributed by atoms with Gasteiger partial charge in [-0.3, -0.25) is 15.6 Å². The minimum atomic E-state index is -0.117. The molecule has 5 nitrogen and oxygen atoms in total. The molecule has 98 valence electrons. The lowest BCUT2D eigenvalue weighted by molar-refractivity contribution is 0.0944. The number of nitrogen functional groups attached to an aromatic ring is 1. The Morgan fingerprint density at radius 2 is 1.94 bits per heavy atom. The first kappa shape index (κ1) is 12.8. The van der Waals surface area contributed by atoms with E-state index >= 15 is 0 Å². The zero-order chi connectivity index (χ0) is 13.6. The van der Waals surface area contributed by atoms with Gasteiger partial charge in [0.05, 0.1) is 17.4 Å². The number of hydrogen-bond donors (Lipinski definition) is 3. The van der Waals surface area contributed by atoms with Crippen molar-refractivity contribution in [3.63, 3.8) is 0 Å². The fourth-order valence-corrected chi connectivity index (χ4v) is 2.47. The van der Waals surface area contributed by atoms with Crippen LogP contribution >= 0.6 is 0 Å². The molecular weight excluding hydrogens is 228 g/mol. The third kappa shape index (κ3) is 1.75. The van der Waals surface area contributed by atoms with Crippen molar-refractivity contribution in [2.45, 2.75) is 33.7 Å². The van der Waals surface area contributed by atoms with Gasteiger partial charge in [0.2, 0.25) is 0 Å². The van der Waals surface area contributed by atoms with Crippen molar-refractivity contribution in [2.75, 3.05) is 5.43 Å². The fourth-order valence-electron chi connectivity index (χ4n) is 2.47. The third-order valence-corrected chi connectivity index (χ3v) is 4.52. The number of pyridine rings is 1. The van der Waals surface area contributed by atoms with Gasteiger partial charge < -0.3 is 10.7 Å². The van der Waals surface area contributed by atoms with Crippen LogP contribution in [0.2, 0.25) is 0 Å². The molecular formula is C13H20N4O. The van der Waals surface area contributed by atoms with E-state index in [4.69, 9.17) is 5.84 Å². The van der Waals surface area contributed by atoms with Gasteiger partial charge in [-0.1, -0.05) is 27.7 Å². The maximum Gasteiger partial charge on any atom is 0.253 e. The number of amides is 1. The van der Waals surface area contributed by atoms with E-state index in [-0.39, 0.29) is 22.8 Å². The Hall–Kier alpha value is -1.62. The summed E-state index contributed by atoms with van der Waals surface area (Å²) in [6, 6.07) is 1.84. The largest absolute Gasteiger partial charge is 0.348 e. The van der Waals surface area contributed by atoms with E-state index in [9.17, 15) is 4.79 Å². The molecule has 1 fully saturated rings. The molecule has 0 aliphatic heterocycles. The Bertz CT molecular complexity index is 468. The monoisotopic (exact) mass is 248 g/mol. The molecule has 1 aliphatic carbocycles. The lowest BCUT2D eigenvalue weighted by Crippen LogP contribution is -2.30. The van der Waals surface area contributed by atoms with E-state index in [0.717, 1.165) is 0 Å². The number of nitrogens with zero attached hydrogens (tertiary/aromatic N) is 1. The van der Waals surface area contributed by atoms with Crippen LogP contribution < -0.4 is 16.6 Å². The van der Waals surface area contributed by atoms with E-state index in [1.54, 1.807) is 12.3 Å². The second-order valence-corrected chi connectivity index (χ2v) is 5.92. The van der Waals surface area contributed by atoms with Crippen LogP contribution in [0, 0.1) is 10.8 Å². The van der Waals surface area contributed by atoms with Crippen LogP contribution in [0.4, 0.5) is 5.69 Å². The van der Waals surface area contributed by atoms with Crippen molar-refractivity contribution in [2.24, 2.45) is 16.7 Å². The van der Waals surface area contributed by atoms with Gasteiger partial charge in [-0.05, 0) is 16.9 Å². The van der Waals surface area contributed by atoms with Crippen LogP contribution in [-0.2, 0) is 0 Å². The maximum absolute atomic E-state index is 12.2. The number of carbonyl (C=O) groups is 1. The zero-order valence-electron chi connectivity index (χ0n) is 11.2. The van der Waals surface area contributed by atoms with Gasteiger partial charge >= 0.3 is 0 Å². The van der Waals surface area contributed by atoms with Crippen LogP contribution in [0.3, 0.4) is 0 Å². The molecule has 2 rings (SSSR count). The molecule has 1 heterocycles. The average Bonchev–Trinajstić information content (AvgIpc) is 2.71. The van der Waals surface area contributed by atoms with Crippen molar-refractivity contribution >= 4 is 11.6 Å². The van der Waals surface area contributed by atoms with Crippen LogP contribution in [0.5, 0.6) is 0 Å². The van der Waals surface area contributed by atoms with Crippen LogP contribution in [0.25, 0.3) is 0 Å². The first-order chi connectivity index (χ1) is 8.32. The van der Waals surface area contributed by atoms with Gasteiger partial charge in [0.25, 0.3) is 5.91 Å². The van der Waals surface area contributed by atoms with E-state index < -0.39 is 0 Å². The zero-order valence-corrected chi connectivity index (χ0v) is 11.2. The highest BCUT2D eigenvalue weighted by Crippen LogP contribution is 2.62.